The monoisotopic (exact) mass is 296 g/mol. The van der Waals surface area contributed by atoms with Crippen molar-refractivity contribution >= 4 is 21.4 Å². The maximum absolute atomic E-state index is 12.2. The standard InChI is InChI=1S/C14H20N2O3S/c1-2-20(18,19)13-9-4-3-7-11(13)16-14(17)12-8-5-6-10-15-12/h3-4,7,9,12,15H,2,5-6,8,10H2,1H3,(H,16,17)/t12-/m1/s1. The lowest BCUT2D eigenvalue weighted by Gasteiger charge is -2.23. The molecule has 6 heteroatoms. The van der Waals surface area contributed by atoms with Crippen molar-refractivity contribution in [1.82, 2.24) is 5.32 Å². The Morgan fingerprint density at radius 1 is 1.35 bits per heavy atom. The number of rotatable bonds is 4. The third-order valence-electron chi connectivity index (χ3n) is 3.49. The highest BCUT2D eigenvalue weighted by Crippen LogP contribution is 2.22. The van der Waals surface area contributed by atoms with Crippen LogP contribution in [0.3, 0.4) is 0 Å². The molecule has 2 N–H and O–H groups in total. The van der Waals surface area contributed by atoms with Gasteiger partial charge in [0, 0.05) is 0 Å². The number of para-hydroxylation sites is 1. The van der Waals surface area contributed by atoms with Crippen LogP contribution >= 0.6 is 0 Å². The minimum absolute atomic E-state index is 0.0154. The molecule has 0 aromatic heterocycles. The molecule has 1 aromatic carbocycles. The quantitative estimate of drug-likeness (QED) is 0.884. The zero-order chi connectivity index (χ0) is 14.6. The average molecular weight is 296 g/mol. The number of hydrogen-bond acceptors (Lipinski definition) is 4. The van der Waals surface area contributed by atoms with E-state index < -0.39 is 9.84 Å². The van der Waals surface area contributed by atoms with Crippen LogP contribution in [0.2, 0.25) is 0 Å². The van der Waals surface area contributed by atoms with Gasteiger partial charge in [-0.25, -0.2) is 8.42 Å². The maximum atomic E-state index is 12.2. The summed E-state index contributed by atoms with van der Waals surface area (Å²) >= 11 is 0. The molecule has 20 heavy (non-hydrogen) atoms. The number of carbonyl (C=O) groups excluding carboxylic acids is 1. The summed E-state index contributed by atoms with van der Waals surface area (Å²) in [4.78, 5) is 12.4. The maximum Gasteiger partial charge on any atom is 0.241 e. The summed E-state index contributed by atoms with van der Waals surface area (Å²) in [5.74, 6) is -0.148. The molecule has 1 fully saturated rings. The normalized spacial score (nSPS) is 19.6. The van der Waals surface area contributed by atoms with E-state index in [2.05, 4.69) is 10.6 Å². The van der Waals surface area contributed by atoms with E-state index in [0.29, 0.717) is 5.69 Å². The van der Waals surface area contributed by atoms with Crippen molar-refractivity contribution < 1.29 is 13.2 Å². The van der Waals surface area contributed by atoms with Crippen molar-refractivity contribution in [2.75, 3.05) is 17.6 Å². The molecule has 110 valence electrons. The van der Waals surface area contributed by atoms with Crippen molar-refractivity contribution in [2.24, 2.45) is 0 Å². The van der Waals surface area contributed by atoms with E-state index in [1.54, 1.807) is 25.1 Å². The van der Waals surface area contributed by atoms with Gasteiger partial charge < -0.3 is 10.6 Å². The van der Waals surface area contributed by atoms with Crippen molar-refractivity contribution in [3.05, 3.63) is 24.3 Å². The van der Waals surface area contributed by atoms with E-state index in [4.69, 9.17) is 0 Å². The van der Waals surface area contributed by atoms with Gasteiger partial charge >= 0.3 is 0 Å². The first-order chi connectivity index (χ1) is 9.54. The molecule has 1 saturated heterocycles. The first-order valence-electron chi connectivity index (χ1n) is 6.90. The Balaban J connectivity index is 2.19. The van der Waals surface area contributed by atoms with Crippen LogP contribution in [-0.4, -0.2) is 32.7 Å². The molecule has 0 aliphatic carbocycles. The van der Waals surface area contributed by atoms with Gasteiger partial charge in [-0.15, -0.1) is 0 Å². The van der Waals surface area contributed by atoms with Gasteiger partial charge in [0.2, 0.25) is 5.91 Å². The van der Waals surface area contributed by atoms with Gasteiger partial charge in [-0.05, 0) is 31.5 Å². The van der Waals surface area contributed by atoms with Crippen LogP contribution in [0.25, 0.3) is 0 Å². The lowest BCUT2D eigenvalue weighted by Crippen LogP contribution is -2.43. The lowest BCUT2D eigenvalue weighted by molar-refractivity contribution is -0.118. The summed E-state index contributed by atoms with van der Waals surface area (Å²) in [6.45, 7) is 2.42. The second kappa shape index (κ2) is 6.37. The first-order valence-corrected chi connectivity index (χ1v) is 8.56. The number of hydrogen-bond donors (Lipinski definition) is 2. The number of benzene rings is 1. The summed E-state index contributed by atoms with van der Waals surface area (Å²) < 4.78 is 24.0. The van der Waals surface area contributed by atoms with Crippen LogP contribution < -0.4 is 10.6 Å². The zero-order valence-corrected chi connectivity index (χ0v) is 12.4. The van der Waals surface area contributed by atoms with Crippen LogP contribution in [0.15, 0.2) is 29.2 Å². The van der Waals surface area contributed by atoms with Crippen LogP contribution in [0.4, 0.5) is 5.69 Å². The summed E-state index contributed by atoms with van der Waals surface area (Å²) in [5.41, 5.74) is 0.367. The van der Waals surface area contributed by atoms with E-state index in [0.717, 1.165) is 25.8 Å². The number of carbonyl (C=O) groups is 1. The Kier molecular flexibility index (Phi) is 4.77. The zero-order valence-electron chi connectivity index (χ0n) is 11.6. The summed E-state index contributed by atoms with van der Waals surface area (Å²) in [6.07, 6.45) is 2.87. The molecule has 1 heterocycles. The molecule has 1 aliphatic rings. The van der Waals surface area contributed by atoms with E-state index >= 15 is 0 Å². The predicted molar refractivity (Wildman–Crippen MR) is 78.4 cm³/mol. The van der Waals surface area contributed by atoms with Gasteiger partial charge in [0.1, 0.15) is 0 Å². The van der Waals surface area contributed by atoms with E-state index in [9.17, 15) is 13.2 Å². The fourth-order valence-electron chi connectivity index (χ4n) is 2.29. The largest absolute Gasteiger partial charge is 0.324 e. The molecule has 0 radical (unpaired) electrons. The van der Waals surface area contributed by atoms with Crippen molar-refractivity contribution in [2.45, 2.75) is 37.1 Å². The molecule has 1 amide bonds. The van der Waals surface area contributed by atoms with Gasteiger partial charge in [-0.2, -0.15) is 0 Å². The van der Waals surface area contributed by atoms with Gasteiger partial charge in [-0.1, -0.05) is 25.5 Å². The van der Waals surface area contributed by atoms with Crippen molar-refractivity contribution in [3.63, 3.8) is 0 Å². The van der Waals surface area contributed by atoms with Crippen molar-refractivity contribution in [1.29, 1.82) is 0 Å². The molecule has 0 bridgehead atoms. The predicted octanol–water partition coefficient (Wildman–Crippen LogP) is 1.56. The SMILES string of the molecule is CCS(=O)(=O)c1ccccc1NC(=O)[C@H]1CCCCN1. The Morgan fingerprint density at radius 3 is 2.75 bits per heavy atom. The molecule has 2 rings (SSSR count). The van der Waals surface area contributed by atoms with E-state index in [1.807, 2.05) is 0 Å². The van der Waals surface area contributed by atoms with Gasteiger partial charge in [-0.3, -0.25) is 4.79 Å². The molecule has 0 unspecified atom stereocenters. The minimum Gasteiger partial charge on any atom is -0.324 e. The molecule has 5 nitrogen and oxygen atoms in total. The van der Waals surface area contributed by atoms with E-state index in [1.165, 1.54) is 6.07 Å². The second-order valence-corrected chi connectivity index (χ2v) is 7.14. The number of sulfone groups is 1. The van der Waals surface area contributed by atoms with E-state index in [-0.39, 0.29) is 22.6 Å². The summed E-state index contributed by atoms with van der Waals surface area (Å²) in [6, 6.07) is 6.31. The fraction of sp³-hybridized carbons (Fsp3) is 0.500. The van der Waals surface area contributed by atoms with Gasteiger partial charge in [0.05, 0.1) is 22.4 Å². The van der Waals surface area contributed by atoms with Gasteiger partial charge in [0.15, 0.2) is 9.84 Å². The molecule has 1 aliphatic heterocycles. The average Bonchev–Trinajstić information content (AvgIpc) is 2.48. The second-order valence-electron chi connectivity index (χ2n) is 4.89. The summed E-state index contributed by atoms with van der Waals surface area (Å²) in [7, 11) is -3.34. The molecule has 0 spiro atoms. The van der Waals surface area contributed by atoms with Crippen LogP contribution in [-0.2, 0) is 14.6 Å². The molecular weight excluding hydrogens is 276 g/mol. The molecular formula is C14H20N2O3S. The highest BCUT2D eigenvalue weighted by Gasteiger charge is 2.23. The highest BCUT2D eigenvalue weighted by atomic mass is 32.2. The lowest BCUT2D eigenvalue weighted by atomic mass is 10.0. The smallest absolute Gasteiger partial charge is 0.241 e. The van der Waals surface area contributed by atoms with Crippen LogP contribution in [0.1, 0.15) is 26.2 Å². The van der Waals surface area contributed by atoms with Crippen LogP contribution in [0.5, 0.6) is 0 Å². The number of amides is 1. The Labute approximate surface area is 119 Å². The number of nitrogens with one attached hydrogen (secondary N) is 2. The Hall–Kier alpha value is -1.40. The minimum atomic E-state index is -3.34. The third kappa shape index (κ3) is 3.37. The highest BCUT2D eigenvalue weighted by molar-refractivity contribution is 7.91. The number of piperidine rings is 1. The van der Waals surface area contributed by atoms with Crippen molar-refractivity contribution in [3.8, 4) is 0 Å². The Bertz CT molecular complexity index is 578. The third-order valence-corrected chi connectivity index (χ3v) is 5.27. The number of anilines is 1. The molecule has 0 saturated carbocycles. The van der Waals surface area contributed by atoms with Gasteiger partial charge in [0.25, 0.3) is 0 Å². The first kappa shape index (κ1) is 15.0. The molecule has 1 atom stereocenters. The fourth-order valence-corrected chi connectivity index (χ4v) is 3.34. The topological polar surface area (TPSA) is 75.3 Å². The summed E-state index contributed by atoms with van der Waals surface area (Å²) in [5, 5.41) is 5.89. The van der Waals surface area contributed by atoms with Crippen LogP contribution in [0, 0.1) is 0 Å². The Morgan fingerprint density at radius 2 is 2.10 bits per heavy atom. The molecule has 1 aromatic rings.